The smallest absolute Gasteiger partial charge is 0.317 e. The number of carbonyl (C=O) groups excluding carboxylic acids is 1. The van der Waals surface area contributed by atoms with Crippen molar-refractivity contribution >= 4 is 21.7 Å². The molecule has 3 fully saturated rings. The van der Waals surface area contributed by atoms with Crippen LogP contribution in [-0.2, 0) is 16.4 Å². The molecule has 0 spiro atoms. The van der Waals surface area contributed by atoms with Crippen molar-refractivity contribution in [3.63, 3.8) is 0 Å². The molecule has 0 aliphatic carbocycles. The molecule has 2 amide bonds. The van der Waals surface area contributed by atoms with Gasteiger partial charge in [0.25, 0.3) is 0 Å². The molecule has 1 aromatic rings. The molecule has 26 heavy (non-hydrogen) atoms. The molecule has 4 rings (SSSR count). The zero-order valence-corrected chi connectivity index (χ0v) is 16.0. The first-order valence-corrected chi connectivity index (χ1v) is 11.1. The molecule has 142 valence electrons. The zero-order chi connectivity index (χ0) is 18.3. The second-order valence-corrected chi connectivity index (χ2v) is 9.99. The van der Waals surface area contributed by atoms with E-state index in [0.717, 1.165) is 30.2 Å². The van der Waals surface area contributed by atoms with Crippen molar-refractivity contribution in [1.29, 1.82) is 0 Å². The monoisotopic (exact) mass is 378 g/mol. The first-order chi connectivity index (χ1) is 12.4. The summed E-state index contributed by atoms with van der Waals surface area (Å²) < 4.78 is 24.1. The van der Waals surface area contributed by atoms with Gasteiger partial charge in [0.05, 0.1) is 11.0 Å². The largest absolute Gasteiger partial charge is 0.356 e. The van der Waals surface area contributed by atoms with Gasteiger partial charge in [-0.15, -0.1) is 0 Å². The van der Waals surface area contributed by atoms with Crippen LogP contribution in [0, 0.1) is 12.8 Å². The highest BCUT2D eigenvalue weighted by Crippen LogP contribution is 2.33. The molecule has 0 unspecified atom stereocenters. The average Bonchev–Trinajstić information content (AvgIpc) is 3.32. The van der Waals surface area contributed by atoms with Crippen LogP contribution in [0.1, 0.15) is 30.5 Å². The lowest BCUT2D eigenvalue weighted by Crippen LogP contribution is -2.40. The number of sulfone groups is 1. The van der Waals surface area contributed by atoms with Crippen LogP contribution in [0.25, 0.3) is 0 Å². The number of amides is 2. The molecule has 3 aliphatic heterocycles. The highest BCUT2D eigenvalue weighted by Gasteiger charge is 2.47. The van der Waals surface area contributed by atoms with E-state index in [9.17, 15) is 13.2 Å². The molecule has 8 heteroatoms. The maximum absolute atomic E-state index is 12.5. The minimum Gasteiger partial charge on any atom is -0.356 e. The molecule has 2 atom stereocenters. The Morgan fingerprint density at radius 2 is 2.04 bits per heavy atom. The predicted molar refractivity (Wildman–Crippen MR) is 99.9 cm³/mol. The lowest BCUT2D eigenvalue weighted by molar-refractivity contribution is 0.206. The van der Waals surface area contributed by atoms with Crippen molar-refractivity contribution < 1.29 is 13.2 Å². The molecule has 0 saturated carbocycles. The van der Waals surface area contributed by atoms with E-state index >= 15 is 0 Å². The van der Waals surface area contributed by atoms with Crippen molar-refractivity contribution in [1.82, 2.24) is 15.2 Å². The third kappa shape index (κ3) is 3.26. The Kier molecular flexibility index (Phi) is 4.54. The van der Waals surface area contributed by atoms with Crippen molar-refractivity contribution in [2.75, 3.05) is 36.8 Å². The first kappa shape index (κ1) is 17.6. The number of nitrogens with zero attached hydrogens (tertiary/aromatic N) is 3. The molecule has 7 nitrogen and oxygen atoms in total. The molecule has 0 aromatic carbocycles. The molecule has 0 bridgehead atoms. The number of aromatic nitrogens is 1. The maximum atomic E-state index is 12.5. The Morgan fingerprint density at radius 3 is 2.77 bits per heavy atom. The van der Waals surface area contributed by atoms with Gasteiger partial charge in [-0.05, 0) is 38.2 Å². The van der Waals surface area contributed by atoms with Crippen LogP contribution < -0.4 is 10.2 Å². The molecule has 3 saturated heterocycles. The number of fused-ring (bicyclic) bond motifs is 1. The van der Waals surface area contributed by atoms with Gasteiger partial charge < -0.3 is 15.1 Å². The zero-order valence-electron chi connectivity index (χ0n) is 15.1. The summed E-state index contributed by atoms with van der Waals surface area (Å²) in [5.41, 5.74) is 1.98. The highest BCUT2D eigenvalue weighted by molar-refractivity contribution is 7.92. The van der Waals surface area contributed by atoms with Crippen molar-refractivity contribution in [3.05, 3.63) is 23.4 Å². The second-order valence-electron chi connectivity index (χ2n) is 7.65. The molecule has 0 radical (unpaired) electrons. The molecule has 4 heterocycles. The minimum atomic E-state index is -3.02. The van der Waals surface area contributed by atoms with Gasteiger partial charge in [0.15, 0.2) is 9.84 Å². The van der Waals surface area contributed by atoms with E-state index in [0.29, 0.717) is 26.1 Å². The van der Waals surface area contributed by atoms with Gasteiger partial charge in [-0.25, -0.2) is 18.2 Å². The van der Waals surface area contributed by atoms with Crippen molar-refractivity contribution in [2.24, 2.45) is 5.92 Å². The summed E-state index contributed by atoms with van der Waals surface area (Å²) in [6, 6.07) is 3.82. The van der Waals surface area contributed by atoms with Crippen LogP contribution >= 0.6 is 0 Å². The first-order valence-electron chi connectivity index (χ1n) is 9.40. The summed E-state index contributed by atoms with van der Waals surface area (Å²) in [5, 5.41) is 2.60. The van der Waals surface area contributed by atoms with E-state index in [2.05, 4.69) is 15.2 Å². The van der Waals surface area contributed by atoms with E-state index in [1.54, 1.807) is 4.90 Å². The molecular formula is C18H26N4O3S. The van der Waals surface area contributed by atoms with E-state index in [-0.39, 0.29) is 23.0 Å². The number of hydrogen-bond acceptors (Lipinski definition) is 5. The van der Waals surface area contributed by atoms with Gasteiger partial charge in [-0.2, -0.15) is 0 Å². The molecule has 1 aromatic heterocycles. The fourth-order valence-corrected chi connectivity index (χ4v) is 6.50. The number of urea groups is 1. The van der Waals surface area contributed by atoms with E-state index in [1.165, 1.54) is 12.8 Å². The Bertz CT molecular complexity index is 805. The van der Waals surface area contributed by atoms with Crippen molar-refractivity contribution in [3.8, 4) is 0 Å². The Morgan fingerprint density at radius 1 is 1.27 bits per heavy atom. The van der Waals surface area contributed by atoms with Crippen LogP contribution in [-0.4, -0.2) is 61.5 Å². The quantitative estimate of drug-likeness (QED) is 0.858. The number of anilines is 1. The number of carbonyl (C=O) groups is 1. The Labute approximate surface area is 154 Å². The van der Waals surface area contributed by atoms with Gasteiger partial charge in [0.2, 0.25) is 0 Å². The molecule has 1 N–H and O–H groups in total. The molecule has 3 aliphatic rings. The van der Waals surface area contributed by atoms with Gasteiger partial charge in [0, 0.05) is 44.0 Å². The summed E-state index contributed by atoms with van der Waals surface area (Å²) in [6.07, 6.45) is 3.02. The number of hydrogen-bond donors (Lipinski definition) is 1. The van der Waals surface area contributed by atoms with Crippen LogP contribution in [0.3, 0.4) is 0 Å². The van der Waals surface area contributed by atoms with Crippen LogP contribution in [0.5, 0.6) is 0 Å². The summed E-state index contributed by atoms with van der Waals surface area (Å²) in [4.78, 5) is 21.2. The topological polar surface area (TPSA) is 82.6 Å². The van der Waals surface area contributed by atoms with Crippen LogP contribution in [0.4, 0.5) is 10.6 Å². The van der Waals surface area contributed by atoms with Gasteiger partial charge in [0.1, 0.15) is 5.82 Å². The second kappa shape index (κ2) is 6.72. The predicted octanol–water partition coefficient (Wildman–Crippen LogP) is 1.32. The van der Waals surface area contributed by atoms with Crippen LogP contribution in [0.15, 0.2) is 12.1 Å². The lowest BCUT2D eigenvalue weighted by atomic mass is 10.1. The third-order valence-corrected chi connectivity index (χ3v) is 8.09. The number of nitrogens with one attached hydrogen (secondary N) is 1. The molecular weight excluding hydrogens is 352 g/mol. The number of aryl methyl sites for hydroxylation is 1. The summed E-state index contributed by atoms with van der Waals surface area (Å²) >= 11 is 0. The number of rotatable bonds is 3. The van der Waals surface area contributed by atoms with E-state index in [4.69, 9.17) is 0 Å². The average molecular weight is 378 g/mol. The van der Waals surface area contributed by atoms with Crippen LogP contribution in [0.2, 0.25) is 0 Å². The summed E-state index contributed by atoms with van der Waals surface area (Å²) in [6.45, 7) is 5.27. The van der Waals surface area contributed by atoms with E-state index < -0.39 is 9.84 Å². The minimum absolute atomic E-state index is 0.104. The fraction of sp³-hybridized carbons (Fsp3) is 0.667. The fourth-order valence-electron chi connectivity index (χ4n) is 4.35. The van der Waals surface area contributed by atoms with E-state index in [1.807, 2.05) is 19.1 Å². The third-order valence-electron chi connectivity index (χ3n) is 5.83. The van der Waals surface area contributed by atoms with Gasteiger partial charge in [-0.3, -0.25) is 0 Å². The SMILES string of the molecule is Cc1ccc(CNC(=O)N2C[C@@H]3CCS(=O)(=O)[C@@H]3C2)c(N2CCCC2)n1. The summed E-state index contributed by atoms with van der Waals surface area (Å²) in [5.74, 6) is 1.34. The summed E-state index contributed by atoms with van der Waals surface area (Å²) in [7, 11) is -3.02. The maximum Gasteiger partial charge on any atom is 0.317 e. The van der Waals surface area contributed by atoms with Crippen molar-refractivity contribution in [2.45, 2.75) is 38.0 Å². The Balaban J connectivity index is 1.41. The number of pyridine rings is 1. The Hall–Kier alpha value is -1.83. The number of likely N-dealkylation sites (tertiary alicyclic amines) is 1. The van der Waals surface area contributed by atoms with Gasteiger partial charge >= 0.3 is 6.03 Å². The lowest BCUT2D eigenvalue weighted by Gasteiger charge is -2.22. The van der Waals surface area contributed by atoms with Gasteiger partial charge in [-0.1, -0.05) is 6.07 Å². The normalized spacial score (nSPS) is 27.0. The standard InChI is InChI=1S/C18H26N4O3S/c1-13-4-5-14(17(20-13)21-7-2-3-8-21)10-19-18(23)22-11-15-6-9-26(24,25)16(15)12-22/h4-5,15-16H,2-3,6-12H2,1H3,(H,19,23)/t15-,16+/m0/s1. The highest BCUT2D eigenvalue weighted by atomic mass is 32.2.